The minimum atomic E-state index is -0.254. The summed E-state index contributed by atoms with van der Waals surface area (Å²) in [5.74, 6) is -0.508. The topological polar surface area (TPSA) is 58.2 Å². The van der Waals surface area contributed by atoms with E-state index in [0.29, 0.717) is 16.8 Å². The monoisotopic (exact) mass is 238 g/mol. The quantitative estimate of drug-likeness (QED) is 0.543. The Morgan fingerprint density at radius 3 is 2.50 bits per heavy atom. The molecule has 59 valence electrons. The predicted molar refractivity (Wildman–Crippen MR) is 35.7 cm³/mol. The van der Waals surface area contributed by atoms with Gasteiger partial charge in [0.15, 0.2) is 5.91 Å². The maximum atomic E-state index is 11.0. The number of hydrogen-bond acceptors (Lipinski definition) is 2. The fraction of sp³-hybridized carbons (Fsp3) is 0.143. The van der Waals surface area contributed by atoms with E-state index in [1.54, 1.807) is 6.92 Å². The molecule has 2 rings (SSSR count). The minimum Gasteiger partial charge on any atom is -0.414 e. The molecule has 12 heavy (non-hydrogen) atoms. The molecule has 0 aromatic rings. The minimum absolute atomic E-state index is 0. The summed E-state index contributed by atoms with van der Waals surface area (Å²) in [7, 11) is 0. The smallest absolute Gasteiger partial charge is 0.170 e. The third-order valence-electron chi connectivity index (χ3n) is 1.68. The van der Waals surface area contributed by atoms with Crippen LogP contribution in [-0.4, -0.2) is 11.8 Å². The molecule has 0 atom stereocenters. The molecule has 5 heteroatoms. The molecular weight excluding hydrogens is 233 g/mol. The molecule has 1 radical (unpaired) electrons. The number of hydrogen-bond donors (Lipinski definition) is 2. The zero-order chi connectivity index (χ0) is 8.01. The average Bonchev–Trinajstić information content (AvgIpc) is 2.41. The maximum Gasteiger partial charge on any atom is 0.170 e. The van der Waals surface area contributed by atoms with Gasteiger partial charge >= 0.3 is 0 Å². The van der Waals surface area contributed by atoms with Crippen LogP contribution in [0, 0.1) is 6.20 Å². The van der Waals surface area contributed by atoms with Gasteiger partial charge in [-0.1, -0.05) is 17.3 Å². The van der Waals surface area contributed by atoms with Crippen molar-refractivity contribution < 1.29 is 42.3 Å². The molecule has 0 aromatic carbocycles. The average molecular weight is 238 g/mol. The molecule has 2 aliphatic rings. The number of nitrogens with one attached hydrogen (secondary N) is 2. The van der Waals surface area contributed by atoms with E-state index < -0.39 is 0 Å². The number of amides is 2. The van der Waals surface area contributed by atoms with Crippen molar-refractivity contribution in [2.24, 2.45) is 0 Å². The molecule has 0 spiro atoms. The SMILES string of the molecule is CC1=C2C(=O)N[C-]=C2C(=O)N1.[Y]. The van der Waals surface area contributed by atoms with Crippen LogP contribution in [0.15, 0.2) is 16.8 Å². The van der Waals surface area contributed by atoms with Crippen LogP contribution in [0.1, 0.15) is 6.92 Å². The van der Waals surface area contributed by atoms with Gasteiger partial charge in [0, 0.05) is 32.7 Å². The van der Waals surface area contributed by atoms with Crippen molar-refractivity contribution in [1.29, 1.82) is 0 Å². The first-order valence-electron chi connectivity index (χ1n) is 3.16. The van der Waals surface area contributed by atoms with E-state index in [1.165, 1.54) is 0 Å². The fourth-order valence-electron chi connectivity index (χ4n) is 1.18. The number of allylic oxidation sites excluding steroid dienone is 1. The van der Waals surface area contributed by atoms with Crippen LogP contribution in [-0.2, 0) is 42.3 Å². The molecule has 0 fully saturated rings. The number of rotatable bonds is 0. The first-order chi connectivity index (χ1) is 5.20. The molecule has 0 bridgehead atoms. The second-order valence-electron chi connectivity index (χ2n) is 2.41. The van der Waals surface area contributed by atoms with Gasteiger partial charge in [0.05, 0.1) is 0 Å². The fourth-order valence-corrected chi connectivity index (χ4v) is 1.18. The van der Waals surface area contributed by atoms with Crippen LogP contribution < -0.4 is 10.6 Å². The van der Waals surface area contributed by atoms with Gasteiger partial charge in [-0.15, -0.1) is 0 Å². The molecule has 2 amide bonds. The van der Waals surface area contributed by atoms with E-state index in [4.69, 9.17) is 0 Å². The normalized spacial score (nSPS) is 19.6. The Balaban J connectivity index is 0.000000720. The van der Waals surface area contributed by atoms with Crippen LogP contribution in [0.25, 0.3) is 0 Å². The summed E-state index contributed by atoms with van der Waals surface area (Å²) in [6.45, 7) is 1.69. The zero-order valence-electron chi connectivity index (χ0n) is 6.39. The summed E-state index contributed by atoms with van der Waals surface area (Å²) in [4.78, 5) is 21.9. The van der Waals surface area contributed by atoms with Crippen molar-refractivity contribution in [1.82, 2.24) is 10.6 Å². The maximum absolute atomic E-state index is 11.0. The molecule has 4 nitrogen and oxygen atoms in total. The summed E-state index contributed by atoms with van der Waals surface area (Å²) in [6.07, 6.45) is 2.50. The first-order valence-corrected chi connectivity index (χ1v) is 3.16. The summed E-state index contributed by atoms with van der Waals surface area (Å²) < 4.78 is 0. The largest absolute Gasteiger partial charge is 0.414 e. The molecule has 2 N–H and O–H groups in total. The summed E-state index contributed by atoms with van der Waals surface area (Å²) in [6, 6.07) is 0. The van der Waals surface area contributed by atoms with E-state index in [0.717, 1.165) is 0 Å². The van der Waals surface area contributed by atoms with Crippen LogP contribution in [0.3, 0.4) is 0 Å². The van der Waals surface area contributed by atoms with Crippen LogP contribution in [0.4, 0.5) is 0 Å². The van der Waals surface area contributed by atoms with Gasteiger partial charge in [-0.25, -0.2) is 0 Å². The first kappa shape index (κ1) is 9.61. The summed E-state index contributed by atoms with van der Waals surface area (Å²) in [5, 5.41) is 4.87. The van der Waals surface area contributed by atoms with Crippen molar-refractivity contribution in [3.8, 4) is 0 Å². The molecule has 0 saturated carbocycles. The van der Waals surface area contributed by atoms with E-state index in [9.17, 15) is 9.59 Å². The molecule has 2 aliphatic heterocycles. The third kappa shape index (κ3) is 1.15. The molecule has 2 heterocycles. The second kappa shape index (κ2) is 3.11. The van der Waals surface area contributed by atoms with Crippen molar-refractivity contribution in [3.63, 3.8) is 0 Å². The van der Waals surface area contributed by atoms with Crippen LogP contribution >= 0.6 is 0 Å². The molecular formula is C7H5N2O2Y-. The zero-order valence-corrected chi connectivity index (χ0v) is 9.23. The summed E-state index contributed by atoms with van der Waals surface area (Å²) >= 11 is 0. The van der Waals surface area contributed by atoms with E-state index >= 15 is 0 Å². The van der Waals surface area contributed by atoms with Gasteiger partial charge in [0.2, 0.25) is 0 Å². The molecule has 0 aliphatic carbocycles. The van der Waals surface area contributed by atoms with Gasteiger partial charge in [-0.05, 0) is 12.6 Å². The number of carbonyl (C=O) groups is 2. The Morgan fingerprint density at radius 2 is 1.92 bits per heavy atom. The number of fused-ring (bicyclic) bond motifs is 1. The van der Waals surface area contributed by atoms with Crippen molar-refractivity contribution in [2.75, 3.05) is 0 Å². The Kier molecular flexibility index (Phi) is 2.49. The number of carbonyl (C=O) groups excluding carboxylic acids is 2. The standard InChI is InChI=1S/C7H5N2O2.Y/c1-3-5-4(6(10)9-3)2-8-7(5)11;/h1H3,(H,8,11)(H,9,10);/q-1;. The van der Waals surface area contributed by atoms with Gasteiger partial charge in [0.25, 0.3) is 0 Å². The van der Waals surface area contributed by atoms with Gasteiger partial charge in [-0.3, -0.25) is 0 Å². The van der Waals surface area contributed by atoms with Crippen LogP contribution in [0.5, 0.6) is 0 Å². The Hall–Kier alpha value is -0.476. The third-order valence-corrected chi connectivity index (χ3v) is 1.68. The van der Waals surface area contributed by atoms with Crippen molar-refractivity contribution in [2.45, 2.75) is 6.92 Å². The Morgan fingerprint density at radius 1 is 1.25 bits per heavy atom. The molecule has 0 unspecified atom stereocenters. The van der Waals surface area contributed by atoms with E-state index in [2.05, 4.69) is 16.8 Å². The van der Waals surface area contributed by atoms with Crippen LogP contribution in [0.2, 0.25) is 0 Å². The molecule has 0 saturated heterocycles. The Labute approximate surface area is 94.3 Å². The van der Waals surface area contributed by atoms with Gasteiger partial charge in [0.1, 0.15) is 5.91 Å². The van der Waals surface area contributed by atoms with Gasteiger partial charge < -0.3 is 20.2 Å². The predicted octanol–water partition coefficient (Wildman–Crippen LogP) is -0.795. The van der Waals surface area contributed by atoms with E-state index in [-0.39, 0.29) is 44.5 Å². The second-order valence-corrected chi connectivity index (χ2v) is 2.41. The molecule has 0 aromatic heterocycles. The van der Waals surface area contributed by atoms with E-state index in [1.807, 2.05) is 0 Å². The Bertz CT molecular complexity index is 330. The summed E-state index contributed by atoms with van der Waals surface area (Å²) in [5.41, 5.74) is 1.36. The van der Waals surface area contributed by atoms with Crippen molar-refractivity contribution in [3.05, 3.63) is 23.0 Å². The van der Waals surface area contributed by atoms with Gasteiger partial charge in [-0.2, -0.15) is 0 Å². The van der Waals surface area contributed by atoms with Crippen molar-refractivity contribution >= 4 is 11.8 Å².